The van der Waals surface area contributed by atoms with Gasteiger partial charge in [-0.15, -0.1) is 11.3 Å². The Morgan fingerprint density at radius 1 is 0.976 bits per heavy atom. The molecule has 41 heavy (non-hydrogen) atoms. The van der Waals surface area contributed by atoms with Crippen LogP contribution in [0.15, 0.2) is 101 Å². The topological polar surface area (TPSA) is 75.4 Å². The van der Waals surface area contributed by atoms with Crippen molar-refractivity contribution in [3.8, 4) is 11.3 Å². The Kier molecular flexibility index (Phi) is 6.12. The highest BCUT2D eigenvalue weighted by atomic mass is 32.1. The lowest BCUT2D eigenvalue weighted by Gasteiger charge is -2.50. The van der Waals surface area contributed by atoms with E-state index in [9.17, 15) is 9.59 Å². The highest BCUT2D eigenvalue weighted by Crippen LogP contribution is 2.61. The Morgan fingerprint density at radius 3 is 2.37 bits per heavy atom. The monoisotopic (exact) mass is 559 g/mol. The third kappa shape index (κ3) is 4.28. The van der Waals surface area contributed by atoms with Gasteiger partial charge in [-0.3, -0.25) is 9.59 Å². The second kappa shape index (κ2) is 9.85. The normalized spacial score (nSPS) is 20.2. The summed E-state index contributed by atoms with van der Waals surface area (Å²) in [5.41, 5.74) is 6.67. The number of hydrogen-bond donors (Lipinski definition) is 1. The third-order valence-corrected chi connectivity index (χ3v) is 9.36. The number of hydrogen-bond acceptors (Lipinski definition) is 5. The van der Waals surface area contributed by atoms with Gasteiger partial charge < -0.3 is 14.6 Å². The minimum atomic E-state index is -0.607. The molecular formula is C34H29N3O3S. The second-order valence-electron chi connectivity index (χ2n) is 11.2. The maximum Gasteiger partial charge on any atom is 0.254 e. The van der Waals surface area contributed by atoms with E-state index >= 15 is 0 Å². The van der Waals surface area contributed by atoms with Crippen LogP contribution in [0.25, 0.3) is 11.3 Å². The van der Waals surface area contributed by atoms with Crippen LogP contribution >= 0.6 is 11.3 Å². The van der Waals surface area contributed by atoms with Crippen molar-refractivity contribution in [2.75, 3.05) is 12.4 Å². The molecule has 1 atom stereocenters. The molecule has 2 heterocycles. The average Bonchev–Trinajstić information content (AvgIpc) is 3.69. The van der Waals surface area contributed by atoms with Gasteiger partial charge >= 0.3 is 0 Å². The number of furan rings is 1. The van der Waals surface area contributed by atoms with E-state index in [4.69, 9.17) is 9.40 Å². The Labute approximate surface area is 242 Å². The maximum absolute atomic E-state index is 14.0. The van der Waals surface area contributed by atoms with Gasteiger partial charge in [0.15, 0.2) is 5.13 Å². The van der Waals surface area contributed by atoms with Gasteiger partial charge in [-0.1, -0.05) is 60.7 Å². The van der Waals surface area contributed by atoms with Gasteiger partial charge in [0.25, 0.3) is 5.91 Å². The number of anilines is 1. The zero-order chi connectivity index (χ0) is 28.1. The van der Waals surface area contributed by atoms with Crippen molar-refractivity contribution >= 4 is 28.3 Å². The first kappa shape index (κ1) is 25.5. The molecule has 0 fully saturated rings. The number of amides is 2. The molecule has 3 aromatic carbocycles. The van der Waals surface area contributed by atoms with Gasteiger partial charge in [0.2, 0.25) is 5.91 Å². The number of rotatable bonds is 6. The molecule has 0 saturated carbocycles. The molecule has 3 aliphatic carbocycles. The Bertz CT molecular complexity index is 1730. The summed E-state index contributed by atoms with van der Waals surface area (Å²) in [5, 5.41) is 5.63. The molecule has 7 heteroatoms. The summed E-state index contributed by atoms with van der Waals surface area (Å²) in [6, 6.07) is 28.2. The number of nitrogens with zero attached hydrogens (tertiary/aromatic N) is 2. The van der Waals surface area contributed by atoms with Gasteiger partial charge in [-0.2, -0.15) is 0 Å². The molecule has 1 N–H and O–H groups in total. The quantitative estimate of drug-likeness (QED) is 0.237. The highest BCUT2D eigenvalue weighted by molar-refractivity contribution is 7.14. The van der Waals surface area contributed by atoms with Crippen molar-refractivity contribution in [2.45, 2.75) is 31.7 Å². The molecule has 2 bridgehead atoms. The van der Waals surface area contributed by atoms with Gasteiger partial charge in [0, 0.05) is 35.4 Å². The van der Waals surface area contributed by atoms with Crippen molar-refractivity contribution in [3.05, 3.63) is 130 Å². The number of benzene rings is 3. The van der Waals surface area contributed by atoms with Crippen LogP contribution in [0.3, 0.4) is 0 Å². The van der Waals surface area contributed by atoms with E-state index in [0.29, 0.717) is 17.2 Å². The zero-order valence-corrected chi connectivity index (χ0v) is 23.7. The molecule has 0 saturated heterocycles. The van der Waals surface area contributed by atoms with E-state index in [1.807, 2.05) is 35.7 Å². The number of carbonyl (C=O) groups excluding carboxylic acids is 2. The van der Waals surface area contributed by atoms with Crippen molar-refractivity contribution in [1.82, 2.24) is 9.88 Å². The van der Waals surface area contributed by atoms with Crippen LogP contribution in [0.2, 0.25) is 0 Å². The zero-order valence-electron chi connectivity index (χ0n) is 22.8. The second-order valence-corrected chi connectivity index (χ2v) is 12.0. The van der Waals surface area contributed by atoms with Crippen molar-refractivity contribution in [1.29, 1.82) is 0 Å². The van der Waals surface area contributed by atoms with Crippen LogP contribution < -0.4 is 5.32 Å². The van der Waals surface area contributed by atoms with Gasteiger partial charge in [0.05, 0.1) is 23.9 Å². The van der Waals surface area contributed by atoms with Crippen molar-refractivity contribution < 1.29 is 14.0 Å². The van der Waals surface area contributed by atoms with E-state index in [0.717, 1.165) is 23.4 Å². The van der Waals surface area contributed by atoms with E-state index in [2.05, 4.69) is 60.8 Å². The van der Waals surface area contributed by atoms with E-state index < -0.39 is 5.41 Å². The molecule has 8 rings (SSSR count). The summed E-state index contributed by atoms with van der Waals surface area (Å²) < 4.78 is 5.38. The molecule has 0 radical (unpaired) electrons. The van der Waals surface area contributed by atoms with E-state index in [1.54, 1.807) is 24.3 Å². The standard InChI is InChI=1S/C34H29N3O3S/c1-34(18-28-24-12-3-5-14-26(24)30(34)27-15-6-4-13-25(27)28)32(39)36-33-35-29(20-41-33)21-9-7-10-22(17-21)31(38)37(2)19-23-11-8-16-40-23/h3-17,20,28,30H,18-19H2,1-2H3,(H,35,36,39). The van der Waals surface area contributed by atoms with Crippen LogP contribution in [-0.2, 0) is 11.3 Å². The first-order valence-electron chi connectivity index (χ1n) is 13.8. The largest absolute Gasteiger partial charge is 0.467 e. The minimum absolute atomic E-state index is 0.0131. The van der Waals surface area contributed by atoms with Crippen LogP contribution in [-0.4, -0.2) is 28.7 Å². The van der Waals surface area contributed by atoms with Crippen LogP contribution in [0.4, 0.5) is 5.13 Å². The number of thiazole rings is 1. The summed E-state index contributed by atoms with van der Waals surface area (Å²) >= 11 is 1.40. The van der Waals surface area contributed by atoms with E-state index in [-0.39, 0.29) is 23.7 Å². The Balaban J connectivity index is 1.12. The Morgan fingerprint density at radius 2 is 1.68 bits per heavy atom. The Hall–Kier alpha value is -4.49. The summed E-state index contributed by atoms with van der Waals surface area (Å²) in [4.78, 5) is 33.4. The number of fused-ring (bicyclic) bond motifs is 1. The van der Waals surface area contributed by atoms with Crippen LogP contribution in [0, 0.1) is 5.41 Å². The highest BCUT2D eigenvalue weighted by Gasteiger charge is 2.54. The molecule has 2 aromatic heterocycles. The van der Waals surface area contributed by atoms with Crippen molar-refractivity contribution in [3.63, 3.8) is 0 Å². The average molecular weight is 560 g/mol. The minimum Gasteiger partial charge on any atom is -0.467 e. The fourth-order valence-corrected chi connectivity index (χ4v) is 7.35. The fourth-order valence-electron chi connectivity index (χ4n) is 6.63. The molecule has 2 amide bonds. The number of nitrogens with one attached hydrogen (secondary N) is 1. The van der Waals surface area contributed by atoms with Gasteiger partial charge in [-0.05, 0) is 59.9 Å². The summed E-state index contributed by atoms with van der Waals surface area (Å²) in [7, 11) is 1.75. The predicted molar refractivity (Wildman–Crippen MR) is 160 cm³/mol. The fraction of sp³-hybridized carbons (Fsp3) is 0.206. The van der Waals surface area contributed by atoms with Gasteiger partial charge in [-0.25, -0.2) is 4.98 Å². The first-order chi connectivity index (χ1) is 19.9. The third-order valence-electron chi connectivity index (χ3n) is 8.60. The lowest BCUT2D eigenvalue weighted by Crippen LogP contribution is -2.47. The molecule has 0 spiro atoms. The molecule has 6 nitrogen and oxygen atoms in total. The van der Waals surface area contributed by atoms with Crippen LogP contribution in [0.5, 0.6) is 0 Å². The van der Waals surface area contributed by atoms with Crippen LogP contribution in [0.1, 0.15) is 63.6 Å². The lowest BCUT2D eigenvalue weighted by molar-refractivity contribution is -0.126. The molecule has 5 aromatic rings. The molecule has 0 aliphatic heterocycles. The maximum atomic E-state index is 14.0. The van der Waals surface area contributed by atoms with Crippen molar-refractivity contribution in [2.24, 2.45) is 5.41 Å². The summed E-state index contributed by atoms with van der Waals surface area (Å²) in [5.74, 6) is 0.791. The number of carbonyl (C=O) groups is 2. The first-order valence-corrected chi connectivity index (χ1v) is 14.6. The molecular weight excluding hydrogens is 530 g/mol. The van der Waals surface area contributed by atoms with E-state index in [1.165, 1.54) is 33.6 Å². The molecule has 3 aliphatic rings. The summed E-state index contributed by atoms with van der Waals surface area (Å²) in [6.45, 7) is 2.48. The lowest BCUT2D eigenvalue weighted by atomic mass is 9.52. The molecule has 204 valence electrons. The van der Waals surface area contributed by atoms with Gasteiger partial charge in [0.1, 0.15) is 5.76 Å². The summed E-state index contributed by atoms with van der Waals surface area (Å²) in [6.07, 6.45) is 2.36. The predicted octanol–water partition coefficient (Wildman–Crippen LogP) is 7.30. The molecule has 1 unspecified atom stereocenters. The number of aromatic nitrogens is 1. The smallest absolute Gasteiger partial charge is 0.254 e. The SMILES string of the molecule is CN(Cc1ccco1)C(=O)c1cccc(-c2csc(NC(=O)C3(C)CC4c5ccccc5C3c3ccccc34)n2)c1.